The minimum Gasteiger partial charge on any atom is -0.378 e. The second-order valence-electron chi connectivity index (χ2n) is 2.52. The van der Waals surface area contributed by atoms with Gasteiger partial charge in [0.25, 0.3) is 6.43 Å². The molecule has 2 nitrogen and oxygen atoms in total. The monoisotopic (exact) mass is 151 g/mol. The van der Waals surface area contributed by atoms with E-state index in [9.17, 15) is 8.78 Å². The van der Waals surface area contributed by atoms with Gasteiger partial charge in [0.1, 0.15) is 0 Å². The first-order valence-corrected chi connectivity index (χ1v) is 3.32. The number of nitrogens with one attached hydrogen (secondary N) is 1. The molecule has 4 heteroatoms. The summed E-state index contributed by atoms with van der Waals surface area (Å²) in [7, 11) is 0. The molecule has 0 aliphatic carbocycles. The third kappa shape index (κ3) is 1.88. The lowest BCUT2D eigenvalue weighted by molar-refractivity contribution is -0.0213. The SMILES string of the molecule is CC(NC1COC1)C(F)F. The molecule has 0 aromatic heterocycles. The van der Waals surface area contributed by atoms with Crippen LogP contribution in [0.4, 0.5) is 8.78 Å². The fourth-order valence-electron chi connectivity index (χ4n) is 0.776. The predicted molar refractivity (Wildman–Crippen MR) is 33.2 cm³/mol. The van der Waals surface area contributed by atoms with Gasteiger partial charge in [-0.15, -0.1) is 0 Å². The highest BCUT2D eigenvalue weighted by Crippen LogP contribution is 2.05. The van der Waals surface area contributed by atoms with Gasteiger partial charge in [-0.3, -0.25) is 0 Å². The largest absolute Gasteiger partial charge is 0.378 e. The average Bonchev–Trinajstić information content (AvgIpc) is 1.77. The van der Waals surface area contributed by atoms with Gasteiger partial charge in [-0.1, -0.05) is 0 Å². The van der Waals surface area contributed by atoms with E-state index in [4.69, 9.17) is 4.74 Å². The van der Waals surface area contributed by atoms with Gasteiger partial charge in [0.2, 0.25) is 0 Å². The first-order valence-electron chi connectivity index (χ1n) is 3.32. The molecule has 1 aliphatic heterocycles. The maximum Gasteiger partial charge on any atom is 0.253 e. The summed E-state index contributed by atoms with van der Waals surface area (Å²) in [5.41, 5.74) is 0. The maximum atomic E-state index is 11.8. The minimum atomic E-state index is -2.28. The van der Waals surface area contributed by atoms with Crippen LogP contribution in [0.15, 0.2) is 0 Å². The van der Waals surface area contributed by atoms with Crippen LogP contribution >= 0.6 is 0 Å². The van der Waals surface area contributed by atoms with Crippen LogP contribution in [0.1, 0.15) is 6.92 Å². The highest BCUT2D eigenvalue weighted by molar-refractivity contribution is 4.77. The summed E-state index contributed by atoms with van der Waals surface area (Å²) in [5, 5.41) is 2.74. The van der Waals surface area contributed by atoms with Crippen LogP contribution in [0.3, 0.4) is 0 Å². The summed E-state index contributed by atoms with van der Waals surface area (Å²) in [4.78, 5) is 0. The van der Waals surface area contributed by atoms with Crippen LogP contribution in [-0.2, 0) is 4.74 Å². The summed E-state index contributed by atoms with van der Waals surface area (Å²) in [6, 6.07) is -0.571. The number of hydrogen-bond donors (Lipinski definition) is 1. The van der Waals surface area contributed by atoms with Crippen molar-refractivity contribution in [2.75, 3.05) is 13.2 Å². The van der Waals surface area contributed by atoms with Crippen LogP contribution in [0.5, 0.6) is 0 Å². The van der Waals surface area contributed by atoms with Gasteiger partial charge in [-0.2, -0.15) is 0 Å². The first kappa shape index (κ1) is 7.88. The number of hydrogen-bond acceptors (Lipinski definition) is 2. The van der Waals surface area contributed by atoms with Crippen molar-refractivity contribution in [1.29, 1.82) is 0 Å². The van der Waals surface area contributed by atoms with Gasteiger partial charge in [0.15, 0.2) is 0 Å². The maximum absolute atomic E-state index is 11.8. The Morgan fingerprint density at radius 1 is 1.50 bits per heavy atom. The lowest BCUT2D eigenvalue weighted by Crippen LogP contribution is -2.51. The fourth-order valence-corrected chi connectivity index (χ4v) is 0.776. The molecule has 0 amide bonds. The van der Waals surface area contributed by atoms with Crippen molar-refractivity contribution in [2.45, 2.75) is 25.4 Å². The van der Waals surface area contributed by atoms with Gasteiger partial charge in [-0.25, -0.2) is 8.78 Å². The first-order chi connectivity index (χ1) is 4.70. The van der Waals surface area contributed by atoms with Crippen molar-refractivity contribution in [3.8, 4) is 0 Å². The molecule has 1 atom stereocenters. The Labute approximate surface area is 58.6 Å². The number of halogens is 2. The number of ether oxygens (including phenoxy) is 1. The molecule has 0 spiro atoms. The van der Waals surface area contributed by atoms with Crippen molar-refractivity contribution in [1.82, 2.24) is 5.32 Å². The van der Waals surface area contributed by atoms with Crippen LogP contribution in [-0.4, -0.2) is 31.7 Å². The molecule has 1 unspecified atom stereocenters. The molecule has 1 rings (SSSR count). The van der Waals surface area contributed by atoms with Gasteiger partial charge in [0, 0.05) is 0 Å². The van der Waals surface area contributed by atoms with Crippen LogP contribution in [0, 0.1) is 0 Å². The molecule has 1 heterocycles. The van der Waals surface area contributed by atoms with Crippen LogP contribution in [0.25, 0.3) is 0 Å². The Bertz CT molecular complexity index is 106. The zero-order chi connectivity index (χ0) is 7.56. The molecule has 0 aromatic carbocycles. The third-order valence-corrected chi connectivity index (χ3v) is 1.51. The lowest BCUT2D eigenvalue weighted by Gasteiger charge is -2.29. The molecule has 0 saturated carbocycles. The van der Waals surface area contributed by atoms with Gasteiger partial charge in [-0.05, 0) is 6.92 Å². The zero-order valence-corrected chi connectivity index (χ0v) is 5.81. The number of alkyl halides is 2. The summed E-state index contributed by atoms with van der Waals surface area (Å²) in [6.45, 7) is 2.61. The number of rotatable bonds is 3. The molecule has 1 fully saturated rings. The Morgan fingerprint density at radius 3 is 2.40 bits per heavy atom. The molecule has 1 N–H and O–H groups in total. The second kappa shape index (κ2) is 3.25. The summed E-state index contributed by atoms with van der Waals surface area (Å²) in [5.74, 6) is 0. The molecule has 0 bridgehead atoms. The Kier molecular flexibility index (Phi) is 2.56. The van der Waals surface area contributed by atoms with Crippen molar-refractivity contribution >= 4 is 0 Å². The van der Waals surface area contributed by atoms with Crippen molar-refractivity contribution in [3.05, 3.63) is 0 Å². The van der Waals surface area contributed by atoms with E-state index < -0.39 is 12.5 Å². The Hall–Kier alpha value is -0.220. The average molecular weight is 151 g/mol. The lowest BCUT2D eigenvalue weighted by atomic mass is 10.2. The third-order valence-electron chi connectivity index (χ3n) is 1.51. The molecular formula is C6H11F2NO. The van der Waals surface area contributed by atoms with E-state index in [-0.39, 0.29) is 6.04 Å². The zero-order valence-electron chi connectivity index (χ0n) is 5.81. The van der Waals surface area contributed by atoms with E-state index in [1.807, 2.05) is 0 Å². The van der Waals surface area contributed by atoms with E-state index in [2.05, 4.69) is 5.32 Å². The molecule has 10 heavy (non-hydrogen) atoms. The highest BCUT2D eigenvalue weighted by Gasteiger charge is 2.23. The summed E-state index contributed by atoms with van der Waals surface area (Å²) < 4.78 is 28.5. The van der Waals surface area contributed by atoms with Gasteiger partial charge >= 0.3 is 0 Å². The summed E-state index contributed by atoms with van der Waals surface area (Å²) in [6.07, 6.45) is -2.28. The Balaban J connectivity index is 2.10. The van der Waals surface area contributed by atoms with Gasteiger partial charge in [0.05, 0.1) is 25.3 Å². The molecular weight excluding hydrogens is 140 g/mol. The van der Waals surface area contributed by atoms with Crippen LogP contribution in [0.2, 0.25) is 0 Å². The van der Waals surface area contributed by atoms with E-state index in [1.165, 1.54) is 6.92 Å². The highest BCUT2D eigenvalue weighted by atomic mass is 19.3. The van der Waals surface area contributed by atoms with E-state index >= 15 is 0 Å². The minimum absolute atomic E-state index is 0.143. The van der Waals surface area contributed by atoms with E-state index in [0.717, 1.165) is 0 Å². The Morgan fingerprint density at radius 2 is 2.10 bits per heavy atom. The van der Waals surface area contributed by atoms with E-state index in [0.29, 0.717) is 13.2 Å². The summed E-state index contributed by atoms with van der Waals surface area (Å²) >= 11 is 0. The molecule has 60 valence electrons. The molecule has 0 radical (unpaired) electrons. The van der Waals surface area contributed by atoms with Crippen LogP contribution < -0.4 is 5.32 Å². The van der Waals surface area contributed by atoms with E-state index in [1.54, 1.807) is 0 Å². The topological polar surface area (TPSA) is 21.3 Å². The second-order valence-corrected chi connectivity index (χ2v) is 2.52. The van der Waals surface area contributed by atoms with Crippen molar-refractivity contribution < 1.29 is 13.5 Å². The van der Waals surface area contributed by atoms with Gasteiger partial charge < -0.3 is 10.1 Å². The standard InChI is InChI=1S/C6H11F2NO/c1-4(6(7)8)9-5-2-10-3-5/h4-6,9H,2-3H2,1H3. The molecule has 1 aliphatic rings. The normalized spacial score (nSPS) is 22.8. The molecule has 1 saturated heterocycles. The predicted octanol–water partition coefficient (Wildman–Crippen LogP) is 0.628. The van der Waals surface area contributed by atoms with Crippen molar-refractivity contribution in [3.63, 3.8) is 0 Å². The van der Waals surface area contributed by atoms with Crippen molar-refractivity contribution in [2.24, 2.45) is 0 Å². The fraction of sp³-hybridized carbons (Fsp3) is 1.00. The molecule has 0 aromatic rings. The smallest absolute Gasteiger partial charge is 0.253 e. The quantitative estimate of drug-likeness (QED) is 0.638.